The summed E-state index contributed by atoms with van der Waals surface area (Å²) in [6.45, 7) is 8.41. The maximum absolute atomic E-state index is 13.0. The first-order valence-corrected chi connectivity index (χ1v) is 11.2. The summed E-state index contributed by atoms with van der Waals surface area (Å²) in [6.07, 6.45) is 0.480. The fraction of sp³-hybridized carbons (Fsp3) is 0.231. The number of benzene rings is 3. The number of hydrogen-bond donors (Lipinski definition) is 2. The van der Waals surface area contributed by atoms with Crippen molar-refractivity contribution in [2.45, 2.75) is 39.5 Å². The lowest BCUT2D eigenvalue weighted by Crippen LogP contribution is -2.14. The van der Waals surface area contributed by atoms with Gasteiger partial charge in [-0.25, -0.2) is 4.98 Å². The molecule has 0 saturated heterocycles. The molecule has 4 nitrogen and oxygen atoms in total. The molecule has 32 heavy (non-hydrogen) atoms. The molecule has 0 atom stereocenters. The Morgan fingerprint density at radius 3 is 2.31 bits per heavy atom. The predicted molar refractivity (Wildman–Crippen MR) is 133 cm³/mol. The number of anilines is 1. The van der Waals surface area contributed by atoms with Crippen molar-refractivity contribution in [1.29, 1.82) is 0 Å². The van der Waals surface area contributed by atoms with Crippen LogP contribution < -0.4 is 5.32 Å². The van der Waals surface area contributed by atoms with Crippen LogP contribution in [0.2, 0.25) is 10.0 Å². The summed E-state index contributed by atoms with van der Waals surface area (Å²) in [6, 6.07) is 17.2. The van der Waals surface area contributed by atoms with Gasteiger partial charge < -0.3 is 10.3 Å². The summed E-state index contributed by atoms with van der Waals surface area (Å²) >= 11 is 12.6. The molecule has 3 aromatic carbocycles. The van der Waals surface area contributed by atoms with Crippen molar-refractivity contribution in [2.24, 2.45) is 0 Å². The third kappa shape index (κ3) is 4.67. The fourth-order valence-electron chi connectivity index (χ4n) is 3.67. The van der Waals surface area contributed by atoms with E-state index in [4.69, 9.17) is 23.2 Å². The van der Waals surface area contributed by atoms with Crippen LogP contribution in [0.1, 0.15) is 53.6 Å². The van der Waals surface area contributed by atoms with Crippen molar-refractivity contribution in [2.75, 3.05) is 5.32 Å². The van der Waals surface area contributed by atoms with Gasteiger partial charge in [-0.15, -0.1) is 0 Å². The van der Waals surface area contributed by atoms with Gasteiger partial charge in [-0.3, -0.25) is 4.79 Å². The van der Waals surface area contributed by atoms with Crippen molar-refractivity contribution in [3.8, 4) is 0 Å². The summed E-state index contributed by atoms with van der Waals surface area (Å²) in [4.78, 5) is 20.9. The standard InChI is InChI=1S/C26H25Cl2N3O/c1-15-12-22-23(31-24(30-22)14-19-20(27)6-5-7-21(19)28)13-18(15)25(32)29-17-10-8-16(9-11-17)26(2,3)4/h5-13H,14H2,1-4H3,(H,29,32)(H,30,31). The predicted octanol–water partition coefficient (Wildman–Crippen LogP) is 7.32. The number of aromatic nitrogens is 2. The van der Waals surface area contributed by atoms with Gasteiger partial charge in [-0.2, -0.15) is 0 Å². The van der Waals surface area contributed by atoms with Gasteiger partial charge in [-0.1, -0.05) is 62.2 Å². The molecule has 0 spiro atoms. The second-order valence-electron chi connectivity index (χ2n) is 9.03. The van der Waals surface area contributed by atoms with Crippen molar-refractivity contribution >= 4 is 45.8 Å². The molecule has 4 aromatic rings. The van der Waals surface area contributed by atoms with E-state index >= 15 is 0 Å². The van der Waals surface area contributed by atoms with Gasteiger partial charge in [0.25, 0.3) is 5.91 Å². The Kier molecular flexibility index (Phi) is 6.02. The molecular formula is C26H25Cl2N3O. The minimum atomic E-state index is -0.161. The molecule has 4 rings (SSSR count). The van der Waals surface area contributed by atoms with Crippen LogP contribution in [-0.4, -0.2) is 15.9 Å². The monoisotopic (exact) mass is 465 g/mol. The number of rotatable bonds is 4. The molecule has 1 aromatic heterocycles. The van der Waals surface area contributed by atoms with E-state index in [1.54, 1.807) is 0 Å². The van der Waals surface area contributed by atoms with Crippen molar-refractivity contribution in [3.05, 3.63) is 92.7 Å². The quantitative estimate of drug-likeness (QED) is 0.331. The molecule has 164 valence electrons. The van der Waals surface area contributed by atoms with Gasteiger partial charge >= 0.3 is 0 Å². The SMILES string of the molecule is Cc1cc2[nH]c(Cc3c(Cl)cccc3Cl)nc2cc1C(=O)Nc1ccc(C(C)(C)C)cc1. The van der Waals surface area contributed by atoms with E-state index in [-0.39, 0.29) is 11.3 Å². The number of fused-ring (bicyclic) bond motifs is 1. The summed E-state index contributed by atoms with van der Waals surface area (Å²) in [5.41, 5.74) is 5.92. The number of aromatic amines is 1. The molecule has 0 fully saturated rings. The lowest BCUT2D eigenvalue weighted by atomic mass is 9.87. The summed E-state index contributed by atoms with van der Waals surface area (Å²) in [5.74, 6) is 0.580. The lowest BCUT2D eigenvalue weighted by Gasteiger charge is -2.19. The van der Waals surface area contributed by atoms with E-state index in [9.17, 15) is 4.79 Å². The first kappa shape index (κ1) is 22.4. The van der Waals surface area contributed by atoms with Crippen molar-refractivity contribution < 1.29 is 4.79 Å². The third-order valence-electron chi connectivity index (χ3n) is 5.54. The topological polar surface area (TPSA) is 57.8 Å². The Bertz CT molecular complexity index is 1280. The van der Waals surface area contributed by atoms with Crippen LogP contribution in [0.25, 0.3) is 11.0 Å². The minimum absolute atomic E-state index is 0.0655. The van der Waals surface area contributed by atoms with E-state index < -0.39 is 0 Å². The summed E-state index contributed by atoms with van der Waals surface area (Å²) in [5, 5.41) is 4.20. The first-order valence-electron chi connectivity index (χ1n) is 10.5. The van der Waals surface area contributed by atoms with E-state index in [2.05, 4.69) is 36.1 Å². The van der Waals surface area contributed by atoms with Gasteiger partial charge in [0.1, 0.15) is 5.82 Å². The molecule has 0 aliphatic rings. The number of nitrogens with zero attached hydrogens (tertiary/aromatic N) is 1. The Morgan fingerprint density at radius 2 is 1.69 bits per heavy atom. The van der Waals surface area contributed by atoms with Crippen LogP contribution in [0.15, 0.2) is 54.6 Å². The highest BCUT2D eigenvalue weighted by Gasteiger charge is 2.16. The van der Waals surface area contributed by atoms with Crippen molar-refractivity contribution in [1.82, 2.24) is 9.97 Å². The second-order valence-corrected chi connectivity index (χ2v) is 9.84. The Labute approximate surface area is 198 Å². The molecule has 0 unspecified atom stereocenters. The maximum atomic E-state index is 13.0. The molecule has 6 heteroatoms. The van der Waals surface area contributed by atoms with Gasteiger partial charge in [0.05, 0.1) is 11.0 Å². The molecule has 1 amide bonds. The van der Waals surface area contributed by atoms with E-state index in [1.807, 2.05) is 61.5 Å². The molecule has 0 radical (unpaired) electrons. The number of carbonyl (C=O) groups excluding carboxylic acids is 1. The van der Waals surface area contributed by atoms with Crippen LogP contribution in [0.3, 0.4) is 0 Å². The average Bonchev–Trinajstić information content (AvgIpc) is 3.11. The number of aryl methyl sites for hydroxylation is 1. The summed E-state index contributed by atoms with van der Waals surface area (Å²) in [7, 11) is 0. The van der Waals surface area contributed by atoms with Crippen molar-refractivity contribution in [3.63, 3.8) is 0 Å². The molecule has 0 aliphatic heterocycles. The summed E-state index contributed by atoms with van der Waals surface area (Å²) < 4.78 is 0. The minimum Gasteiger partial charge on any atom is -0.342 e. The largest absolute Gasteiger partial charge is 0.342 e. The number of hydrogen-bond acceptors (Lipinski definition) is 2. The number of amides is 1. The molecule has 1 heterocycles. The zero-order valence-corrected chi connectivity index (χ0v) is 20.0. The number of carbonyl (C=O) groups is 1. The highest BCUT2D eigenvalue weighted by atomic mass is 35.5. The van der Waals surface area contributed by atoms with Crippen LogP contribution in [0.5, 0.6) is 0 Å². The molecule has 2 N–H and O–H groups in total. The fourth-order valence-corrected chi connectivity index (χ4v) is 4.20. The highest BCUT2D eigenvalue weighted by Crippen LogP contribution is 2.28. The Balaban J connectivity index is 1.58. The Hall–Kier alpha value is -2.82. The molecular weight excluding hydrogens is 441 g/mol. The van der Waals surface area contributed by atoms with Gasteiger partial charge in [-0.05, 0) is 65.4 Å². The zero-order chi connectivity index (χ0) is 23.0. The number of imidazole rings is 1. The van der Waals surface area contributed by atoms with E-state index in [0.717, 1.165) is 33.7 Å². The van der Waals surface area contributed by atoms with Crippen LogP contribution in [0.4, 0.5) is 5.69 Å². The van der Waals surface area contributed by atoms with Gasteiger partial charge in [0.15, 0.2) is 0 Å². The number of nitrogens with one attached hydrogen (secondary N) is 2. The zero-order valence-electron chi connectivity index (χ0n) is 18.5. The first-order chi connectivity index (χ1) is 15.1. The van der Waals surface area contributed by atoms with Gasteiger partial charge in [0, 0.05) is 27.7 Å². The van der Waals surface area contributed by atoms with Crippen LogP contribution >= 0.6 is 23.2 Å². The van der Waals surface area contributed by atoms with Gasteiger partial charge in [0.2, 0.25) is 0 Å². The second kappa shape index (κ2) is 8.61. The molecule has 0 bridgehead atoms. The Morgan fingerprint density at radius 1 is 1.03 bits per heavy atom. The number of H-pyrrole nitrogens is 1. The smallest absolute Gasteiger partial charge is 0.256 e. The van der Waals surface area contributed by atoms with E-state index in [1.165, 1.54) is 5.56 Å². The third-order valence-corrected chi connectivity index (χ3v) is 6.24. The number of halogens is 2. The maximum Gasteiger partial charge on any atom is 0.256 e. The lowest BCUT2D eigenvalue weighted by molar-refractivity contribution is 0.102. The highest BCUT2D eigenvalue weighted by molar-refractivity contribution is 6.36. The molecule has 0 saturated carbocycles. The average molecular weight is 466 g/mol. The van der Waals surface area contributed by atoms with Crippen LogP contribution in [0, 0.1) is 6.92 Å². The molecule has 0 aliphatic carbocycles. The van der Waals surface area contributed by atoms with Crippen LogP contribution in [-0.2, 0) is 11.8 Å². The normalized spacial score (nSPS) is 11.7. The van der Waals surface area contributed by atoms with E-state index in [0.29, 0.717) is 22.0 Å².